The average Bonchev–Trinajstić information content (AvgIpc) is 2.93. The normalized spacial score (nSPS) is 9.88. The third-order valence-corrected chi connectivity index (χ3v) is 4.03. The Morgan fingerprint density at radius 1 is 1.59 bits per heavy atom. The fraction of sp³-hybridized carbons (Fsp3) is 0.0909. The van der Waals surface area contributed by atoms with Crippen molar-refractivity contribution < 1.29 is 9.53 Å². The van der Waals surface area contributed by atoms with Crippen molar-refractivity contribution in [2.45, 2.75) is 0 Å². The lowest BCUT2D eigenvalue weighted by molar-refractivity contribution is 0.0551. The van der Waals surface area contributed by atoms with Crippen LogP contribution in [0.5, 0.6) is 0 Å². The summed E-state index contributed by atoms with van der Waals surface area (Å²) in [4.78, 5) is 16.6. The molecule has 2 aromatic rings. The molecular formula is C11H6ClNO2S2. The number of carbonyl (C=O) groups excluding carboxylic acids is 1. The van der Waals surface area contributed by atoms with Gasteiger partial charge in [-0.2, -0.15) is 0 Å². The Morgan fingerprint density at radius 3 is 3.06 bits per heavy atom. The van der Waals surface area contributed by atoms with Gasteiger partial charge in [-0.15, -0.1) is 29.1 Å². The Labute approximate surface area is 111 Å². The van der Waals surface area contributed by atoms with Gasteiger partial charge < -0.3 is 4.74 Å². The summed E-state index contributed by atoms with van der Waals surface area (Å²) in [6, 6.07) is 3.65. The van der Waals surface area contributed by atoms with E-state index in [2.05, 4.69) is 10.9 Å². The maximum absolute atomic E-state index is 11.5. The fourth-order valence-corrected chi connectivity index (χ4v) is 3.00. The van der Waals surface area contributed by atoms with Crippen LogP contribution < -0.4 is 0 Å². The van der Waals surface area contributed by atoms with Crippen molar-refractivity contribution in [3.63, 3.8) is 0 Å². The van der Waals surface area contributed by atoms with Crippen molar-refractivity contribution in [3.8, 4) is 22.2 Å². The minimum absolute atomic E-state index is 0.0451. The van der Waals surface area contributed by atoms with E-state index >= 15 is 0 Å². The smallest absolute Gasteiger partial charge is 0.358 e. The topological polar surface area (TPSA) is 39.2 Å². The highest BCUT2D eigenvalue weighted by molar-refractivity contribution is 7.23. The van der Waals surface area contributed by atoms with E-state index in [1.807, 2.05) is 6.07 Å². The van der Waals surface area contributed by atoms with E-state index in [-0.39, 0.29) is 12.3 Å². The number of hydrogen-bond donors (Lipinski definition) is 0. The molecule has 0 saturated carbocycles. The fourth-order valence-electron chi connectivity index (χ4n) is 1.09. The second kappa shape index (κ2) is 5.32. The lowest BCUT2D eigenvalue weighted by Crippen LogP contribution is -2.05. The van der Waals surface area contributed by atoms with Crippen molar-refractivity contribution in [1.82, 2.24) is 4.98 Å². The van der Waals surface area contributed by atoms with Gasteiger partial charge in [0, 0.05) is 5.38 Å². The molecule has 0 unspecified atom stereocenters. The number of esters is 1. The van der Waals surface area contributed by atoms with Gasteiger partial charge in [-0.3, -0.25) is 0 Å². The van der Waals surface area contributed by atoms with Crippen LogP contribution in [0, 0.1) is 12.3 Å². The number of rotatable bonds is 3. The number of ether oxygens (including phenoxy) is 1. The van der Waals surface area contributed by atoms with E-state index in [1.54, 1.807) is 11.4 Å². The summed E-state index contributed by atoms with van der Waals surface area (Å²) in [5, 5.41) is 2.39. The average molecular weight is 284 g/mol. The van der Waals surface area contributed by atoms with Crippen LogP contribution in [0.4, 0.5) is 0 Å². The Hall–Kier alpha value is -1.35. The van der Waals surface area contributed by atoms with E-state index in [0.29, 0.717) is 4.34 Å². The Balaban J connectivity index is 2.16. The van der Waals surface area contributed by atoms with E-state index in [4.69, 9.17) is 22.8 Å². The van der Waals surface area contributed by atoms with Crippen LogP contribution in [0.3, 0.4) is 0 Å². The highest BCUT2D eigenvalue weighted by Gasteiger charge is 2.13. The molecule has 86 valence electrons. The number of hydrogen-bond acceptors (Lipinski definition) is 5. The van der Waals surface area contributed by atoms with Gasteiger partial charge in [-0.05, 0) is 12.1 Å². The number of nitrogens with zero attached hydrogens (tertiary/aromatic N) is 1. The van der Waals surface area contributed by atoms with Gasteiger partial charge in [-0.1, -0.05) is 17.5 Å². The maximum atomic E-state index is 11.5. The van der Waals surface area contributed by atoms with Crippen molar-refractivity contribution in [2.75, 3.05) is 6.61 Å². The predicted octanol–water partition coefficient (Wildman–Crippen LogP) is 3.32. The van der Waals surface area contributed by atoms with Crippen LogP contribution >= 0.6 is 34.3 Å². The van der Waals surface area contributed by atoms with Crippen molar-refractivity contribution in [3.05, 3.63) is 27.5 Å². The number of thiophene rings is 1. The molecule has 6 heteroatoms. The number of carbonyl (C=O) groups is 1. The summed E-state index contributed by atoms with van der Waals surface area (Å²) in [6.07, 6.45) is 5.00. The molecule has 0 aliphatic carbocycles. The van der Waals surface area contributed by atoms with Crippen molar-refractivity contribution >= 4 is 40.2 Å². The lowest BCUT2D eigenvalue weighted by Gasteiger charge is -1.95. The monoisotopic (exact) mass is 283 g/mol. The van der Waals surface area contributed by atoms with Gasteiger partial charge in [0.05, 0.1) is 9.21 Å². The molecule has 2 rings (SSSR count). The predicted molar refractivity (Wildman–Crippen MR) is 69.6 cm³/mol. The molecule has 0 aliphatic rings. The molecule has 0 N–H and O–H groups in total. The van der Waals surface area contributed by atoms with Crippen LogP contribution in [0.25, 0.3) is 9.88 Å². The molecule has 0 bridgehead atoms. The van der Waals surface area contributed by atoms with Crippen molar-refractivity contribution in [1.29, 1.82) is 0 Å². The SMILES string of the molecule is C#CCOC(=O)c1csc(-c2ccc(Cl)s2)n1. The standard InChI is InChI=1S/C11H6ClNO2S2/c1-2-5-15-11(14)7-6-16-10(13-7)8-3-4-9(12)17-8/h1,3-4,6H,5H2. The highest BCUT2D eigenvalue weighted by Crippen LogP contribution is 2.32. The van der Waals surface area contributed by atoms with E-state index in [9.17, 15) is 4.79 Å². The second-order valence-corrected chi connectivity index (χ2v) is 5.50. The van der Waals surface area contributed by atoms with E-state index < -0.39 is 5.97 Å². The van der Waals surface area contributed by atoms with Gasteiger partial charge in [0.1, 0.15) is 5.01 Å². The quantitative estimate of drug-likeness (QED) is 0.641. The summed E-state index contributed by atoms with van der Waals surface area (Å²) in [6.45, 7) is -0.0451. The highest BCUT2D eigenvalue weighted by atomic mass is 35.5. The first kappa shape index (κ1) is 12.1. The molecule has 3 nitrogen and oxygen atoms in total. The summed E-state index contributed by atoms with van der Waals surface area (Å²) >= 11 is 8.61. The van der Waals surface area contributed by atoms with Gasteiger partial charge in [0.25, 0.3) is 0 Å². The number of terminal acetylenes is 1. The second-order valence-electron chi connectivity index (χ2n) is 2.92. The molecule has 0 amide bonds. The molecular weight excluding hydrogens is 278 g/mol. The Morgan fingerprint density at radius 2 is 2.41 bits per heavy atom. The maximum Gasteiger partial charge on any atom is 0.358 e. The van der Waals surface area contributed by atoms with Crippen molar-refractivity contribution in [2.24, 2.45) is 0 Å². The molecule has 0 aromatic carbocycles. The van der Waals surface area contributed by atoms with Gasteiger partial charge in [0.2, 0.25) is 0 Å². The van der Waals surface area contributed by atoms with Crippen LogP contribution in [0.15, 0.2) is 17.5 Å². The third-order valence-electron chi connectivity index (χ3n) is 1.78. The summed E-state index contributed by atoms with van der Waals surface area (Å²) in [5.41, 5.74) is 0.268. The first-order chi connectivity index (χ1) is 8.20. The zero-order chi connectivity index (χ0) is 12.3. The van der Waals surface area contributed by atoms with Gasteiger partial charge in [0.15, 0.2) is 12.3 Å². The third kappa shape index (κ3) is 2.86. The minimum Gasteiger partial charge on any atom is -0.448 e. The number of aromatic nitrogens is 1. The zero-order valence-electron chi connectivity index (χ0n) is 8.47. The molecule has 2 aromatic heterocycles. The largest absolute Gasteiger partial charge is 0.448 e. The number of halogens is 1. The molecule has 0 fully saturated rings. The molecule has 0 atom stereocenters. The minimum atomic E-state index is -0.506. The Bertz CT molecular complexity index is 582. The Kier molecular flexibility index (Phi) is 3.79. The molecule has 0 aliphatic heterocycles. The van der Waals surface area contributed by atoms with Gasteiger partial charge in [-0.25, -0.2) is 9.78 Å². The van der Waals surface area contributed by atoms with Gasteiger partial charge >= 0.3 is 5.97 Å². The first-order valence-corrected chi connectivity index (χ1v) is 6.60. The molecule has 2 heterocycles. The number of thiazole rings is 1. The summed E-state index contributed by atoms with van der Waals surface area (Å²) in [7, 11) is 0. The first-order valence-electron chi connectivity index (χ1n) is 4.52. The molecule has 0 radical (unpaired) electrons. The van der Waals surface area contributed by atoms with E-state index in [0.717, 1.165) is 9.88 Å². The molecule has 17 heavy (non-hydrogen) atoms. The molecule has 0 spiro atoms. The summed E-state index contributed by atoms with van der Waals surface area (Å²) in [5.74, 6) is 1.72. The van der Waals surface area contributed by atoms with Crippen LogP contribution in [0.1, 0.15) is 10.5 Å². The van der Waals surface area contributed by atoms with Crippen LogP contribution in [0.2, 0.25) is 4.34 Å². The lowest BCUT2D eigenvalue weighted by atomic mass is 10.4. The zero-order valence-corrected chi connectivity index (χ0v) is 10.9. The van der Waals surface area contributed by atoms with Crippen LogP contribution in [-0.4, -0.2) is 17.6 Å². The van der Waals surface area contributed by atoms with Crippen LogP contribution in [-0.2, 0) is 4.74 Å². The summed E-state index contributed by atoms with van der Waals surface area (Å²) < 4.78 is 5.46. The molecule has 0 saturated heterocycles. The van der Waals surface area contributed by atoms with E-state index in [1.165, 1.54) is 22.7 Å².